The highest BCUT2D eigenvalue weighted by molar-refractivity contribution is 5.44. The Labute approximate surface area is 143 Å². The molecule has 1 atom stereocenters. The van der Waals surface area contributed by atoms with Gasteiger partial charge in [0, 0.05) is 22.1 Å². The van der Waals surface area contributed by atoms with Crippen molar-refractivity contribution in [3.63, 3.8) is 0 Å². The molecule has 0 amide bonds. The van der Waals surface area contributed by atoms with E-state index in [1.807, 2.05) is 54.6 Å². The second-order valence-electron chi connectivity index (χ2n) is 6.96. The van der Waals surface area contributed by atoms with Crippen LogP contribution in [0.3, 0.4) is 0 Å². The lowest BCUT2D eigenvalue weighted by Gasteiger charge is -2.34. The first kappa shape index (κ1) is 16.7. The van der Waals surface area contributed by atoms with Crippen LogP contribution in [-0.2, 0) is 15.1 Å². The van der Waals surface area contributed by atoms with Crippen LogP contribution in [0.2, 0.25) is 0 Å². The highest BCUT2D eigenvalue weighted by atomic mass is 16.7. The lowest BCUT2D eigenvalue weighted by Crippen LogP contribution is -2.33. The summed E-state index contributed by atoms with van der Waals surface area (Å²) in [6.07, 6.45) is 5.26. The maximum Gasteiger partial charge on any atom is 0.183 e. The molecule has 1 aliphatic rings. The number of terminal acetylenes is 1. The molecule has 0 aliphatic carbocycles. The maximum atomic E-state index is 10.9. The van der Waals surface area contributed by atoms with Crippen LogP contribution in [0.15, 0.2) is 54.6 Å². The van der Waals surface area contributed by atoms with E-state index in [4.69, 9.17) is 15.9 Å². The average molecular weight is 322 g/mol. The molecule has 1 unspecified atom stereocenters. The van der Waals surface area contributed by atoms with E-state index in [9.17, 15) is 5.11 Å². The summed E-state index contributed by atoms with van der Waals surface area (Å²) in [4.78, 5) is 0. The van der Waals surface area contributed by atoms with E-state index in [0.29, 0.717) is 24.3 Å². The Morgan fingerprint density at radius 1 is 1.00 bits per heavy atom. The molecule has 0 radical (unpaired) electrons. The molecule has 1 fully saturated rings. The van der Waals surface area contributed by atoms with E-state index in [0.717, 1.165) is 5.56 Å². The van der Waals surface area contributed by atoms with Crippen molar-refractivity contribution < 1.29 is 14.6 Å². The van der Waals surface area contributed by atoms with Gasteiger partial charge in [-0.2, -0.15) is 0 Å². The van der Waals surface area contributed by atoms with Gasteiger partial charge in [0.15, 0.2) is 11.9 Å². The van der Waals surface area contributed by atoms with E-state index >= 15 is 0 Å². The molecule has 124 valence electrons. The van der Waals surface area contributed by atoms with Gasteiger partial charge in [0.1, 0.15) is 0 Å². The van der Waals surface area contributed by atoms with Crippen molar-refractivity contribution in [3.05, 3.63) is 71.3 Å². The number of rotatable bonds is 3. The fourth-order valence-electron chi connectivity index (χ4n) is 2.78. The predicted molar refractivity (Wildman–Crippen MR) is 93.1 cm³/mol. The van der Waals surface area contributed by atoms with Crippen LogP contribution in [0.4, 0.5) is 0 Å². The predicted octanol–water partition coefficient (Wildman–Crippen LogP) is 3.63. The van der Waals surface area contributed by atoms with Crippen molar-refractivity contribution in [3.8, 4) is 12.3 Å². The minimum absolute atomic E-state index is 0.0352. The van der Waals surface area contributed by atoms with Crippen molar-refractivity contribution >= 4 is 0 Å². The van der Waals surface area contributed by atoms with Gasteiger partial charge in [-0.3, -0.25) is 0 Å². The van der Waals surface area contributed by atoms with E-state index < -0.39 is 5.60 Å². The molecule has 2 aromatic rings. The molecular weight excluding hydrogens is 300 g/mol. The molecule has 1 saturated heterocycles. The van der Waals surface area contributed by atoms with Crippen LogP contribution >= 0.6 is 0 Å². The third-order valence-electron chi connectivity index (χ3n) is 4.25. The molecular formula is C21H22O3. The first-order valence-corrected chi connectivity index (χ1v) is 8.04. The van der Waals surface area contributed by atoms with Crippen LogP contribution in [-0.4, -0.2) is 18.3 Å². The van der Waals surface area contributed by atoms with Crippen molar-refractivity contribution in [2.75, 3.05) is 13.2 Å². The highest BCUT2D eigenvalue weighted by Crippen LogP contribution is 2.33. The van der Waals surface area contributed by atoms with Crippen LogP contribution in [0.5, 0.6) is 0 Å². The zero-order valence-electron chi connectivity index (χ0n) is 14.0. The van der Waals surface area contributed by atoms with E-state index in [1.165, 1.54) is 0 Å². The maximum absolute atomic E-state index is 10.9. The normalized spacial score (nSPS) is 20.1. The summed E-state index contributed by atoms with van der Waals surface area (Å²) in [5.41, 5.74) is 0.828. The second kappa shape index (κ2) is 6.41. The van der Waals surface area contributed by atoms with Gasteiger partial charge >= 0.3 is 0 Å². The third kappa shape index (κ3) is 3.22. The average Bonchev–Trinajstić information content (AvgIpc) is 2.62. The second-order valence-corrected chi connectivity index (χ2v) is 6.96. The first-order valence-electron chi connectivity index (χ1n) is 8.04. The molecule has 3 rings (SSSR count). The molecule has 1 N–H and O–H groups in total. The van der Waals surface area contributed by atoms with Crippen molar-refractivity contribution in [2.24, 2.45) is 5.41 Å². The first-order chi connectivity index (χ1) is 11.4. The molecule has 3 heteroatoms. The monoisotopic (exact) mass is 322 g/mol. The summed E-state index contributed by atoms with van der Waals surface area (Å²) in [5.74, 6) is 2.51. The molecule has 0 bridgehead atoms. The zero-order valence-corrected chi connectivity index (χ0v) is 14.0. The molecule has 1 heterocycles. The molecule has 24 heavy (non-hydrogen) atoms. The molecule has 2 aromatic carbocycles. The highest BCUT2D eigenvalue weighted by Gasteiger charge is 2.31. The van der Waals surface area contributed by atoms with Gasteiger partial charge in [-0.25, -0.2) is 0 Å². The van der Waals surface area contributed by atoms with E-state index in [2.05, 4.69) is 19.8 Å². The van der Waals surface area contributed by atoms with E-state index in [-0.39, 0.29) is 11.7 Å². The number of benzene rings is 2. The molecule has 3 nitrogen and oxygen atoms in total. The van der Waals surface area contributed by atoms with Crippen LogP contribution in [0.1, 0.15) is 36.8 Å². The molecule has 0 aromatic heterocycles. The number of hydrogen-bond acceptors (Lipinski definition) is 3. The fraction of sp³-hybridized carbons (Fsp3) is 0.333. The molecule has 0 saturated carbocycles. The van der Waals surface area contributed by atoms with Crippen molar-refractivity contribution in [1.29, 1.82) is 0 Å². The summed E-state index contributed by atoms with van der Waals surface area (Å²) in [7, 11) is 0. The summed E-state index contributed by atoms with van der Waals surface area (Å²) < 4.78 is 11.6. The summed E-state index contributed by atoms with van der Waals surface area (Å²) >= 11 is 0. The Balaban J connectivity index is 1.83. The number of aliphatic hydroxyl groups is 1. The summed E-state index contributed by atoms with van der Waals surface area (Å²) in [5, 5.41) is 10.9. The van der Waals surface area contributed by atoms with Gasteiger partial charge in [0.25, 0.3) is 0 Å². The zero-order chi connectivity index (χ0) is 17.2. The SMILES string of the molecule is C#CC(O)(c1ccccc1)c1ccc(C2OCC(C)(C)CO2)cc1. The van der Waals surface area contributed by atoms with Gasteiger partial charge in [-0.15, -0.1) is 6.42 Å². The fourth-order valence-corrected chi connectivity index (χ4v) is 2.78. The Kier molecular flexibility index (Phi) is 4.47. The molecule has 0 spiro atoms. The summed E-state index contributed by atoms with van der Waals surface area (Å²) in [6.45, 7) is 5.52. The quantitative estimate of drug-likeness (QED) is 0.877. The van der Waals surface area contributed by atoms with Crippen LogP contribution in [0.25, 0.3) is 0 Å². The minimum atomic E-state index is -1.45. The molecule has 1 aliphatic heterocycles. The van der Waals surface area contributed by atoms with Crippen molar-refractivity contribution in [1.82, 2.24) is 0 Å². The summed E-state index contributed by atoms with van der Waals surface area (Å²) in [6, 6.07) is 16.7. The minimum Gasteiger partial charge on any atom is -0.369 e. The van der Waals surface area contributed by atoms with Gasteiger partial charge in [-0.05, 0) is 0 Å². The Morgan fingerprint density at radius 3 is 2.08 bits per heavy atom. The van der Waals surface area contributed by atoms with Crippen LogP contribution < -0.4 is 0 Å². The Morgan fingerprint density at radius 2 is 1.54 bits per heavy atom. The lowest BCUT2D eigenvalue weighted by atomic mass is 9.86. The largest absolute Gasteiger partial charge is 0.369 e. The van der Waals surface area contributed by atoms with Crippen LogP contribution in [0, 0.1) is 17.8 Å². The smallest absolute Gasteiger partial charge is 0.183 e. The Bertz CT molecular complexity index is 718. The third-order valence-corrected chi connectivity index (χ3v) is 4.25. The Hall–Kier alpha value is -2.12. The van der Waals surface area contributed by atoms with Gasteiger partial charge < -0.3 is 14.6 Å². The topological polar surface area (TPSA) is 38.7 Å². The van der Waals surface area contributed by atoms with Gasteiger partial charge in [0.2, 0.25) is 0 Å². The number of hydrogen-bond donors (Lipinski definition) is 1. The van der Waals surface area contributed by atoms with Gasteiger partial charge in [0.05, 0.1) is 13.2 Å². The van der Waals surface area contributed by atoms with Gasteiger partial charge in [-0.1, -0.05) is 74.4 Å². The lowest BCUT2D eigenvalue weighted by molar-refractivity contribution is -0.226. The number of ether oxygens (including phenoxy) is 2. The van der Waals surface area contributed by atoms with Crippen molar-refractivity contribution in [2.45, 2.75) is 25.7 Å². The van der Waals surface area contributed by atoms with E-state index in [1.54, 1.807) is 0 Å². The standard InChI is InChI=1S/C21H22O3/c1-4-21(22,17-8-6-5-7-9-17)18-12-10-16(11-13-18)19-23-14-20(2,3)15-24-19/h1,5-13,19,22H,14-15H2,2-3H3.